The Morgan fingerprint density at radius 1 is 1.03 bits per heavy atom. The molecule has 32 heavy (non-hydrogen) atoms. The number of rotatable bonds is 13. The molecule has 0 radical (unpaired) electrons. The van der Waals surface area contributed by atoms with E-state index in [2.05, 4.69) is 31.3 Å². The Bertz CT molecular complexity index is 825. The number of ether oxygens (including phenoxy) is 1. The molecule has 6 heteroatoms. The molecule has 0 aromatic heterocycles. The van der Waals surface area contributed by atoms with Gasteiger partial charge in [0.2, 0.25) is 11.8 Å². The van der Waals surface area contributed by atoms with E-state index in [1.807, 2.05) is 49.4 Å². The van der Waals surface area contributed by atoms with Gasteiger partial charge in [-0.05, 0) is 35.6 Å². The first kappa shape index (κ1) is 25.8. The third-order valence-corrected chi connectivity index (χ3v) is 6.18. The molecule has 2 aromatic carbocycles. The smallest absolute Gasteiger partial charge is 0.242 e. The quantitative estimate of drug-likeness (QED) is 0.436. The zero-order valence-corrected chi connectivity index (χ0v) is 20.5. The third-order valence-electron chi connectivity index (χ3n) is 5.15. The summed E-state index contributed by atoms with van der Waals surface area (Å²) in [6.07, 6.45) is 0.977. The molecule has 1 atom stereocenters. The van der Waals surface area contributed by atoms with Crippen LogP contribution in [-0.2, 0) is 21.9 Å². The van der Waals surface area contributed by atoms with Crippen LogP contribution >= 0.6 is 11.8 Å². The van der Waals surface area contributed by atoms with Crippen LogP contribution in [0.3, 0.4) is 0 Å². The summed E-state index contributed by atoms with van der Waals surface area (Å²) in [4.78, 5) is 27.9. The number of thioether (sulfide) groups is 1. The number of hydrogen-bond donors (Lipinski definition) is 1. The van der Waals surface area contributed by atoms with Crippen LogP contribution in [0.1, 0.15) is 44.7 Å². The fourth-order valence-corrected chi connectivity index (χ4v) is 4.23. The van der Waals surface area contributed by atoms with Crippen LogP contribution < -0.4 is 10.1 Å². The molecule has 5 nitrogen and oxygen atoms in total. The van der Waals surface area contributed by atoms with Gasteiger partial charge in [-0.2, -0.15) is 11.8 Å². The van der Waals surface area contributed by atoms with Crippen molar-refractivity contribution in [3.05, 3.63) is 65.7 Å². The fourth-order valence-electron chi connectivity index (χ4n) is 3.34. The number of carbonyl (C=O) groups excluding carboxylic acids is 2. The number of hydrogen-bond acceptors (Lipinski definition) is 4. The standard InChI is InChI=1S/C26H36N2O3S/c1-5-24(26(30)27-17-20(2)3)28(18-21-11-13-23(31-4)14-12-21)25(29)15-16-32-19-22-9-7-6-8-10-22/h6-14,20,24H,5,15-19H2,1-4H3,(H,27,30)/t24-/m1/s1. The molecule has 0 bridgehead atoms. The second-order valence-corrected chi connectivity index (χ2v) is 9.33. The summed E-state index contributed by atoms with van der Waals surface area (Å²) in [5.74, 6) is 2.64. The lowest BCUT2D eigenvalue weighted by Crippen LogP contribution is -2.49. The van der Waals surface area contributed by atoms with Crippen LogP contribution in [0.25, 0.3) is 0 Å². The Morgan fingerprint density at radius 2 is 1.72 bits per heavy atom. The minimum atomic E-state index is -0.484. The van der Waals surface area contributed by atoms with E-state index in [0.29, 0.717) is 31.8 Å². The molecule has 0 spiro atoms. The maximum atomic E-state index is 13.2. The summed E-state index contributed by atoms with van der Waals surface area (Å²) >= 11 is 1.74. The summed E-state index contributed by atoms with van der Waals surface area (Å²) in [6, 6.07) is 17.4. The Kier molecular flexibility index (Phi) is 11.2. The first-order valence-electron chi connectivity index (χ1n) is 11.3. The molecule has 0 saturated carbocycles. The summed E-state index contributed by atoms with van der Waals surface area (Å²) in [5.41, 5.74) is 2.23. The first-order chi connectivity index (χ1) is 15.4. The van der Waals surface area contributed by atoms with E-state index in [0.717, 1.165) is 22.8 Å². The largest absolute Gasteiger partial charge is 0.497 e. The van der Waals surface area contributed by atoms with E-state index in [-0.39, 0.29) is 11.8 Å². The van der Waals surface area contributed by atoms with Crippen LogP contribution in [0.5, 0.6) is 5.75 Å². The monoisotopic (exact) mass is 456 g/mol. The zero-order chi connectivity index (χ0) is 23.3. The Labute approximate surface area is 196 Å². The van der Waals surface area contributed by atoms with E-state index in [4.69, 9.17) is 4.74 Å². The number of nitrogens with one attached hydrogen (secondary N) is 1. The second kappa shape index (κ2) is 13.8. The van der Waals surface area contributed by atoms with Crippen molar-refractivity contribution in [3.63, 3.8) is 0 Å². The molecule has 174 valence electrons. The summed E-state index contributed by atoms with van der Waals surface area (Å²) in [6.45, 7) is 7.08. The van der Waals surface area contributed by atoms with Crippen molar-refractivity contribution >= 4 is 23.6 Å². The molecule has 0 unspecified atom stereocenters. The van der Waals surface area contributed by atoms with Gasteiger partial charge in [-0.25, -0.2) is 0 Å². The number of benzene rings is 2. The lowest BCUT2D eigenvalue weighted by Gasteiger charge is -2.31. The fraction of sp³-hybridized carbons (Fsp3) is 0.462. The van der Waals surface area contributed by atoms with Crippen molar-refractivity contribution in [1.82, 2.24) is 10.2 Å². The van der Waals surface area contributed by atoms with Crippen LogP contribution in [0.2, 0.25) is 0 Å². The van der Waals surface area contributed by atoms with Crippen LogP contribution in [0.15, 0.2) is 54.6 Å². The Balaban J connectivity index is 2.06. The van der Waals surface area contributed by atoms with Crippen molar-refractivity contribution in [2.24, 2.45) is 5.92 Å². The van der Waals surface area contributed by atoms with Crippen molar-refractivity contribution < 1.29 is 14.3 Å². The highest BCUT2D eigenvalue weighted by Gasteiger charge is 2.28. The lowest BCUT2D eigenvalue weighted by atomic mass is 10.1. The number of amides is 2. The van der Waals surface area contributed by atoms with Gasteiger partial charge >= 0.3 is 0 Å². The topological polar surface area (TPSA) is 58.6 Å². The molecule has 0 fully saturated rings. The van der Waals surface area contributed by atoms with Crippen LogP contribution in [-0.4, -0.2) is 42.2 Å². The molecule has 2 rings (SSSR count). The zero-order valence-electron chi connectivity index (χ0n) is 19.7. The molecule has 2 amide bonds. The van der Waals surface area contributed by atoms with Gasteiger partial charge in [0, 0.05) is 31.0 Å². The molecular weight excluding hydrogens is 420 g/mol. The summed E-state index contributed by atoms with van der Waals surface area (Å²) in [5, 5.41) is 3.00. The molecule has 0 aliphatic heterocycles. The maximum absolute atomic E-state index is 13.2. The van der Waals surface area contributed by atoms with Crippen molar-refractivity contribution in [2.75, 3.05) is 19.4 Å². The molecule has 1 N–H and O–H groups in total. The average molecular weight is 457 g/mol. The summed E-state index contributed by atoms with van der Waals surface area (Å²) < 4.78 is 5.24. The van der Waals surface area contributed by atoms with Gasteiger partial charge in [0.15, 0.2) is 0 Å². The minimum Gasteiger partial charge on any atom is -0.497 e. The van der Waals surface area contributed by atoms with Crippen molar-refractivity contribution in [2.45, 2.75) is 52.0 Å². The average Bonchev–Trinajstić information content (AvgIpc) is 2.81. The van der Waals surface area contributed by atoms with Gasteiger partial charge in [0.25, 0.3) is 0 Å². The van der Waals surface area contributed by atoms with Crippen molar-refractivity contribution in [1.29, 1.82) is 0 Å². The highest BCUT2D eigenvalue weighted by Crippen LogP contribution is 2.19. The molecule has 0 saturated heterocycles. The van der Waals surface area contributed by atoms with E-state index < -0.39 is 6.04 Å². The SMILES string of the molecule is CC[C@H](C(=O)NCC(C)C)N(Cc1ccc(OC)cc1)C(=O)CCSCc1ccccc1. The van der Waals surface area contributed by atoms with Gasteiger partial charge in [-0.1, -0.05) is 63.2 Å². The maximum Gasteiger partial charge on any atom is 0.242 e. The third kappa shape index (κ3) is 8.58. The summed E-state index contributed by atoms with van der Waals surface area (Å²) in [7, 11) is 1.63. The number of nitrogens with zero attached hydrogens (tertiary/aromatic N) is 1. The van der Waals surface area contributed by atoms with E-state index in [1.54, 1.807) is 23.8 Å². The van der Waals surface area contributed by atoms with E-state index in [1.165, 1.54) is 5.56 Å². The minimum absolute atomic E-state index is 0.00734. The van der Waals surface area contributed by atoms with Gasteiger partial charge in [0.1, 0.15) is 11.8 Å². The second-order valence-electron chi connectivity index (χ2n) is 8.22. The first-order valence-corrected chi connectivity index (χ1v) is 12.4. The highest BCUT2D eigenvalue weighted by molar-refractivity contribution is 7.98. The van der Waals surface area contributed by atoms with Crippen LogP contribution in [0.4, 0.5) is 0 Å². The Morgan fingerprint density at radius 3 is 2.31 bits per heavy atom. The number of methoxy groups -OCH3 is 1. The number of carbonyl (C=O) groups is 2. The molecule has 0 aliphatic carbocycles. The predicted molar refractivity (Wildman–Crippen MR) is 133 cm³/mol. The molecule has 0 aliphatic rings. The van der Waals surface area contributed by atoms with E-state index >= 15 is 0 Å². The van der Waals surface area contributed by atoms with Crippen molar-refractivity contribution in [3.8, 4) is 5.75 Å². The lowest BCUT2D eigenvalue weighted by molar-refractivity contribution is -0.141. The Hall–Kier alpha value is -2.47. The molecule has 2 aromatic rings. The molecule has 0 heterocycles. The van der Waals surface area contributed by atoms with Crippen LogP contribution in [0, 0.1) is 5.92 Å². The van der Waals surface area contributed by atoms with Gasteiger partial charge in [-0.3, -0.25) is 9.59 Å². The highest BCUT2D eigenvalue weighted by atomic mass is 32.2. The van der Waals surface area contributed by atoms with Gasteiger partial charge in [-0.15, -0.1) is 0 Å². The molecular formula is C26H36N2O3S. The predicted octanol–water partition coefficient (Wildman–Crippen LogP) is 4.90. The van der Waals surface area contributed by atoms with Gasteiger partial charge in [0.05, 0.1) is 7.11 Å². The van der Waals surface area contributed by atoms with E-state index in [9.17, 15) is 9.59 Å². The van der Waals surface area contributed by atoms with Gasteiger partial charge < -0.3 is 15.0 Å². The normalized spacial score (nSPS) is 11.8.